The van der Waals surface area contributed by atoms with E-state index in [4.69, 9.17) is 77.0 Å². The minimum Gasteiger partial charge on any atom is -0.480 e. The molecule has 124 heavy (non-hydrogen) atoms. The molecule has 4 aliphatic heterocycles. The van der Waals surface area contributed by atoms with Crippen LogP contribution < -0.4 is 92.9 Å². The van der Waals surface area contributed by atoms with Crippen LogP contribution in [0.3, 0.4) is 0 Å². The van der Waals surface area contributed by atoms with E-state index in [0.717, 1.165) is 62.3 Å². The van der Waals surface area contributed by atoms with Gasteiger partial charge in [0.15, 0.2) is 25.2 Å². The predicted octanol–water partition coefficient (Wildman–Crippen LogP) is -15.2. The van der Waals surface area contributed by atoms with Crippen molar-refractivity contribution < 1.29 is 175 Å². The Morgan fingerprint density at radius 1 is 0.347 bits per heavy atom. The van der Waals surface area contributed by atoms with Crippen LogP contribution in [0.5, 0.6) is 0 Å². The molecule has 0 aromatic heterocycles. The summed E-state index contributed by atoms with van der Waals surface area (Å²) in [6.45, 7) is 4.91. The van der Waals surface area contributed by atoms with Gasteiger partial charge in [-0.15, -0.1) is 0 Å². The molecule has 0 spiro atoms. The lowest BCUT2D eigenvalue weighted by atomic mass is 9.92. The maximum atomic E-state index is 14.4. The molecule has 53 heteroatoms. The fraction of sp³-hybridized carbons (Fsp3) is 0.761. The van der Waals surface area contributed by atoms with Crippen molar-refractivity contribution in [2.75, 3.05) is 26.4 Å². The maximum Gasteiger partial charge on any atom is 0.326 e. The summed E-state index contributed by atoms with van der Waals surface area (Å²) in [4.78, 5) is 219. The lowest BCUT2D eigenvalue weighted by molar-refractivity contribution is -0.365. The topological polar surface area (TPSA) is 864 Å². The molecule has 31 unspecified atom stereocenters. The van der Waals surface area contributed by atoms with Gasteiger partial charge in [0, 0.05) is 40.5 Å². The van der Waals surface area contributed by atoms with Gasteiger partial charge in [0.1, 0.15) is 152 Å². The molecule has 4 saturated heterocycles. The largest absolute Gasteiger partial charge is 0.480 e. The molecule has 0 saturated carbocycles. The SMILES string of the molecule is CC(=O)NC1C(OC2C(CO)OC(OC3C(CO)OC(OC4C(CO)OC(O)C(NC(C)=O)C4OC(C)C(=O)NC(C)C(=O)NC(CCC(=O)NC(CCCC(N)C(N)=O)C(=O)O)C(N)=O)C(NC(C)=O)C3O)C(NC(C)=O)C2OC(C)C(=O)NC(C)C(=O)NC(CCC(=O)NC(CCCC(N)C(N)=O)C(=O)NC(C)C(=O)O)C(N)=O)OC(CO)C(O)C1O. The van der Waals surface area contributed by atoms with Crippen molar-refractivity contribution in [3.05, 3.63) is 0 Å². The monoisotopic (exact) mass is 1790 g/mol. The third kappa shape index (κ3) is 32.0. The fourth-order valence-corrected chi connectivity index (χ4v) is 13.4. The molecule has 4 aliphatic rings. The summed E-state index contributed by atoms with van der Waals surface area (Å²) in [7, 11) is 0. The number of carbonyl (C=O) groups excluding carboxylic acids is 15. The normalized spacial score (nSPS) is 28.8. The molecule has 0 bridgehead atoms. The number of amides is 15. The molecule has 0 radical (unpaired) electrons. The van der Waals surface area contributed by atoms with Crippen LogP contribution in [-0.2, 0) is 124 Å². The van der Waals surface area contributed by atoms with Crippen LogP contribution in [0.25, 0.3) is 0 Å². The van der Waals surface area contributed by atoms with Crippen molar-refractivity contribution in [2.24, 2.45) is 34.4 Å². The molecule has 31 atom stereocenters. The standard InChI is InChI=1S/C71H119N17O36/c1-24(61(106)88-36(60(77)105)17-19-44(98)86-38(67(113)114)15-11-13-34(73)58(75)103)78-63(108)27(4)116-55-47(83-31(8)95)68(115)118-41(22-91)53(55)123-70-46(82-30(7)94)51(101)52(40(21-90)120-70)122-71-48(84-32(9)96)56(54(42(23-92)121-71)124-69-45(81-29(6)93)50(100)49(99)39(20-89)119-69)117-28(5)64(109)79-25(2)62(107)87-35(59(76)104)16-18-43(97)85-37(14-10-12-33(72)57(74)102)65(110)80-26(3)66(111)112/h24-28,33-42,45-56,68-71,89-92,99-101,115H,10-23,72-73H2,1-9H3,(H2,74,102)(H2,75,103)(H2,76,104)(H2,77,105)(H,78,108)(H,79,109)(H,80,110)(H,81,93)(H,82,94)(H,83,95)(H,84,96)(H,85,97)(H,86,98)(H,87,107)(H,88,106)(H,111,112)(H,113,114). The second kappa shape index (κ2) is 50.4. The first-order valence-electron chi connectivity index (χ1n) is 39.4. The van der Waals surface area contributed by atoms with Gasteiger partial charge in [0.2, 0.25) is 88.6 Å². The van der Waals surface area contributed by atoms with Gasteiger partial charge in [0.25, 0.3) is 0 Å². The first-order chi connectivity index (χ1) is 58.0. The highest BCUT2D eigenvalue weighted by atomic mass is 16.8. The van der Waals surface area contributed by atoms with Crippen LogP contribution in [0.15, 0.2) is 0 Å². The number of hydrogen-bond acceptors (Lipinski definition) is 36. The minimum atomic E-state index is -2.26. The van der Waals surface area contributed by atoms with Crippen molar-refractivity contribution in [3.63, 3.8) is 0 Å². The quantitative estimate of drug-likeness (QED) is 0.0269. The summed E-state index contributed by atoms with van der Waals surface area (Å²) < 4.78 is 55.7. The second-order valence-electron chi connectivity index (χ2n) is 30.1. The van der Waals surface area contributed by atoms with Gasteiger partial charge in [-0.3, -0.25) is 76.7 Å². The Bertz CT molecular complexity index is 3690. The van der Waals surface area contributed by atoms with E-state index in [1.807, 2.05) is 0 Å². The van der Waals surface area contributed by atoms with Crippen LogP contribution in [0.1, 0.15) is 127 Å². The summed E-state index contributed by atoms with van der Waals surface area (Å²) in [6, 6.07) is -20.5. The maximum absolute atomic E-state index is 14.4. The number of aliphatic hydroxyl groups excluding tert-OH is 8. The number of ether oxygens (including phenoxy) is 9. The van der Waals surface area contributed by atoms with E-state index in [1.54, 1.807) is 0 Å². The molecule has 0 aromatic rings. The van der Waals surface area contributed by atoms with Crippen LogP contribution >= 0.6 is 0 Å². The van der Waals surface area contributed by atoms with Gasteiger partial charge >= 0.3 is 11.9 Å². The number of rotatable bonds is 50. The second-order valence-corrected chi connectivity index (χ2v) is 30.1. The van der Waals surface area contributed by atoms with Crippen LogP contribution in [0.4, 0.5) is 0 Å². The number of nitrogens with one attached hydrogen (secondary N) is 11. The van der Waals surface area contributed by atoms with Gasteiger partial charge in [0.05, 0.1) is 38.5 Å². The van der Waals surface area contributed by atoms with Gasteiger partial charge in [-0.2, -0.15) is 0 Å². The molecule has 4 rings (SSSR count). The predicted molar refractivity (Wildman–Crippen MR) is 412 cm³/mol. The zero-order chi connectivity index (χ0) is 93.8. The molecule has 33 N–H and O–H groups in total. The Hall–Kier alpha value is -9.77. The van der Waals surface area contributed by atoms with E-state index >= 15 is 0 Å². The Labute approximate surface area is 708 Å². The number of nitrogens with two attached hydrogens (primary N) is 6. The average molecular weight is 1790 g/mol. The molecule has 15 amide bonds. The van der Waals surface area contributed by atoms with Gasteiger partial charge in [-0.05, 0) is 86.0 Å². The number of carboxylic acids is 2. The van der Waals surface area contributed by atoms with Crippen LogP contribution in [-0.4, -0.2) is 367 Å². The molecule has 4 heterocycles. The number of primary amides is 4. The Morgan fingerprint density at radius 3 is 1.09 bits per heavy atom. The Kier molecular flexibility index (Phi) is 43.3. The Balaban J connectivity index is 1.70. The summed E-state index contributed by atoms with van der Waals surface area (Å²) in [6.07, 6.45) is -38.1. The fourth-order valence-electron chi connectivity index (χ4n) is 13.4. The highest BCUT2D eigenvalue weighted by Gasteiger charge is 2.58. The lowest BCUT2D eigenvalue weighted by Gasteiger charge is -2.52. The van der Waals surface area contributed by atoms with E-state index in [-0.39, 0.29) is 38.5 Å². The summed E-state index contributed by atoms with van der Waals surface area (Å²) in [5.74, 6) is -17.9. The zero-order valence-corrected chi connectivity index (χ0v) is 69.3. The Morgan fingerprint density at radius 2 is 0.694 bits per heavy atom. The van der Waals surface area contributed by atoms with E-state index < -0.39 is 342 Å². The highest BCUT2D eigenvalue weighted by molar-refractivity contribution is 5.95. The molecule has 704 valence electrons. The van der Waals surface area contributed by atoms with Gasteiger partial charge < -0.3 is 187 Å². The van der Waals surface area contributed by atoms with Gasteiger partial charge in [-0.25, -0.2) is 4.79 Å². The average Bonchev–Trinajstić information content (AvgIpc) is 0.760. The number of carbonyl (C=O) groups is 17. The minimum absolute atomic E-state index is 0.00219. The van der Waals surface area contributed by atoms with Crippen molar-refractivity contribution in [3.8, 4) is 0 Å². The third-order valence-corrected chi connectivity index (χ3v) is 20.1. The zero-order valence-electron chi connectivity index (χ0n) is 69.3. The number of aliphatic carboxylic acids is 2. The summed E-state index contributed by atoms with van der Waals surface area (Å²) in [5.41, 5.74) is 32.8. The summed E-state index contributed by atoms with van der Waals surface area (Å²) >= 11 is 0. The van der Waals surface area contributed by atoms with Crippen molar-refractivity contribution in [1.82, 2.24) is 58.5 Å². The summed E-state index contributed by atoms with van der Waals surface area (Å²) in [5, 5.41) is 135. The third-order valence-electron chi connectivity index (χ3n) is 20.1. The van der Waals surface area contributed by atoms with Crippen molar-refractivity contribution >= 4 is 101 Å². The van der Waals surface area contributed by atoms with E-state index in [9.17, 15) is 133 Å². The number of carboxylic acid groups (broad SMARTS) is 2. The van der Waals surface area contributed by atoms with E-state index in [1.165, 1.54) is 0 Å². The van der Waals surface area contributed by atoms with Gasteiger partial charge in [-0.1, -0.05) is 0 Å². The molecule has 0 aliphatic carbocycles. The van der Waals surface area contributed by atoms with E-state index in [0.29, 0.717) is 0 Å². The smallest absolute Gasteiger partial charge is 0.326 e. The van der Waals surface area contributed by atoms with E-state index in [2.05, 4.69) is 58.5 Å². The van der Waals surface area contributed by atoms with Crippen molar-refractivity contribution in [1.29, 1.82) is 0 Å². The van der Waals surface area contributed by atoms with Crippen molar-refractivity contribution in [2.45, 2.75) is 316 Å². The number of aliphatic hydroxyl groups is 8. The number of hydrogen-bond donors (Lipinski definition) is 27. The first kappa shape index (κ1) is 107. The molecular formula is C71H119N17O36. The van der Waals surface area contributed by atoms with Crippen LogP contribution in [0, 0.1) is 0 Å². The lowest BCUT2D eigenvalue weighted by Crippen LogP contribution is -2.72. The molecule has 4 fully saturated rings. The molecule has 0 aromatic carbocycles. The first-order valence-corrected chi connectivity index (χ1v) is 39.4. The highest BCUT2D eigenvalue weighted by Crippen LogP contribution is 2.37. The molecule has 53 nitrogen and oxygen atoms in total. The molecular weight excluding hydrogens is 1670 g/mol. The van der Waals surface area contributed by atoms with Crippen LogP contribution in [0.2, 0.25) is 0 Å².